The highest BCUT2D eigenvalue weighted by Gasteiger charge is 2.33. The zero-order chi connectivity index (χ0) is 13.9. The molecule has 2 aliphatic rings. The van der Waals surface area contributed by atoms with Gasteiger partial charge in [-0.25, -0.2) is 0 Å². The molecule has 0 spiro atoms. The maximum atomic E-state index is 5.75. The third-order valence-electron chi connectivity index (χ3n) is 4.20. The van der Waals surface area contributed by atoms with Crippen LogP contribution < -0.4 is 5.32 Å². The summed E-state index contributed by atoms with van der Waals surface area (Å²) in [5.74, 6) is 2.81. The van der Waals surface area contributed by atoms with Crippen LogP contribution in [0.4, 0.5) is 0 Å². The SMILES string of the molecule is CC(C)CNCc1coc(CN(CC2CC2)C2CC2)c1. The van der Waals surface area contributed by atoms with Crippen LogP contribution in [-0.4, -0.2) is 24.0 Å². The molecule has 1 aromatic heterocycles. The van der Waals surface area contributed by atoms with Crippen LogP contribution in [-0.2, 0) is 13.1 Å². The van der Waals surface area contributed by atoms with Crippen molar-refractivity contribution in [2.24, 2.45) is 11.8 Å². The van der Waals surface area contributed by atoms with Crippen molar-refractivity contribution >= 4 is 0 Å². The Kier molecular flexibility index (Phi) is 4.47. The van der Waals surface area contributed by atoms with Crippen LogP contribution in [0.3, 0.4) is 0 Å². The first-order chi connectivity index (χ1) is 9.70. The molecule has 2 aliphatic carbocycles. The van der Waals surface area contributed by atoms with Gasteiger partial charge in [0.2, 0.25) is 0 Å². The van der Waals surface area contributed by atoms with E-state index >= 15 is 0 Å². The predicted octanol–water partition coefficient (Wildman–Crippen LogP) is 3.40. The smallest absolute Gasteiger partial charge is 0.118 e. The van der Waals surface area contributed by atoms with Gasteiger partial charge >= 0.3 is 0 Å². The van der Waals surface area contributed by atoms with Crippen LogP contribution >= 0.6 is 0 Å². The molecule has 0 radical (unpaired) electrons. The molecule has 3 rings (SSSR count). The van der Waals surface area contributed by atoms with E-state index in [1.54, 1.807) is 0 Å². The number of furan rings is 1. The second kappa shape index (κ2) is 6.31. The average molecular weight is 276 g/mol. The van der Waals surface area contributed by atoms with Gasteiger partial charge in [0, 0.05) is 24.7 Å². The standard InChI is InChI=1S/C17H28N2O/c1-13(2)8-18-9-15-7-17(20-12-15)11-19(16-5-6-16)10-14-3-4-14/h7,12-14,16,18H,3-6,8-11H2,1-2H3. The van der Waals surface area contributed by atoms with Crippen molar-refractivity contribution in [3.05, 3.63) is 23.7 Å². The number of nitrogens with zero attached hydrogens (tertiary/aromatic N) is 1. The fourth-order valence-corrected chi connectivity index (χ4v) is 2.72. The predicted molar refractivity (Wildman–Crippen MR) is 81.4 cm³/mol. The molecule has 2 saturated carbocycles. The van der Waals surface area contributed by atoms with Gasteiger partial charge < -0.3 is 9.73 Å². The van der Waals surface area contributed by atoms with Crippen LogP contribution in [0.25, 0.3) is 0 Å². The minimum absolute atomic E-state index is 0.699. The van der Waals surface area contributed by atoms with Crippen molar-refractivity contribution < 1.29 is 4.42 Å². The summed E-state index contributed by atoms with van der Waals surface area (Å²) in [7, 11) is 0. The van der Waals surface area contributed by atoms with Gasteiger partial charge in [0.05, 0.1) is 12.8 Å². The molecular weight excluding hydrogens is 248 g/mol. The molecule has 0 atom stereocenters. The van der Waals surface area contributed by atoms with Gasteiger partial charge in [-0.05, 0) is 50.1 Å². The highest BCUT2D eigenvalue weighted by molar-refractivity contribution is 5.13. The summed E-state index contributed by atoms with van der Waals surface area (Å²) in [6.07, 6.45) is 7.56. The molecule has 20 heavy (non-hydrogen) atoms. The molecule has 0 amide bonds. The summed E-state index contributed by atoms with van der Waals surface area (Å²) < 4.78 is 5.75. The monoisotopic (exact) mass is 276 g/mol. The third-order valence-corrected chi connectivity index (χ3v) is 4.20. The quantitative estimate of drug-likeness (QED) is 0.749. The molecular formula is C17H28N2O. The zero-order valence-corrected chi connectivity index (χ0v) is 12.9. The van der Waals surface area contributed by atoms with Gasteiger partial charge in [0.1, 0.15) is 5.76 Å². The molecule has 0 aromatic carbocycles. The molecule has 1 N–H and O–H groups in total. The Bertz CT molecular complexity index is 418. The van der Waals surface area contributed by atoms with Gasteiger partial charge in [-0.15, -0.1) is 0 Å². The molecule has 0 aliphatic heterocycles. The van der Waals surface area contributed by atoms with Crippen LogP contribution in [0.5, 0.6) is 0 Å². The minimum atomic E-state index is 0.699. The van der Waals surface area contributed by atoms with Crippen LogP contribution in [0.2, 0.25) is 0 Å². The van der Waals surface area contributed by atoms with E-state index in [0.29, 0.717) is 5.92 Å². The molecule has 3 heteroatoms. The third kappa shape index (κ3) is 4.35. The van der Waals surface area contributed by atoms with E-state index in [1.165, 1.54) is 37.8 Å². The van der Waals surface area contributed by atoms with Gasteiger partial charge in [0.15, 0.2) is 0 Å². The van der Waals surface area contributed by atoms with E-state index in [4.69, 9.17) is 4.42 Å². The number of hydrogen-bond acceptors (Lipinski definition) is 3. The molecule has 112 valence electrons. The number of hydrogen-bond donors (Lipinski definition) is 1. The van der Waals surface area contributed by atoms with Crippen molar-refractivity contribution in [1.82, 2.24) is 10.2 Å². The molecule has 1 aromatic rings. The summed E-state index contributed by atoms with van der Waals surface area (Å²) in [5.41, 5.74) is 1.28. The topological polar surface area (TPSA) is 28.4 Å². The fourth-order valence-electron chi connectivity index (χ4n) is 2.72. The Hall–Kier alpha value is -0.800. The van der Waals surface area contributed by atoms with Crippen LogP contribution in [0.1, 0.15) is 50.9 Å². The Morgan fingerprint density at radius 1 is 1.30 bits per heavy atom. The largest absolute Gasteiger partial charge is 0.468 e. The summed E-state index contributed by atoms with van der Waals surface area (Å²) in [4.78, 5) is 2.64. The number of rotatable bonds is 9. The van der Waals surface area contributed by atoms with Crippen molar-refractivity contribution in [2.45, 2.75) is 58.7 Å². The lowest BCUT2D eigenvalue weighted by molar-refractivity contribution is 0.224. The number of nitrogens with one attached hydrogen (secondary N) is 1. The molecule has 1 heterocycles. The average Bonchev–Trinajstić information content (AvgIpc) is 3.29. The normalized spacial score (nSPS) is 19.2. The lowest BCUT2D eigenvalue weighted by Crippen LogP contribution is -2.27. The Balaban J connectivity index is 1.47. The maximum absolute atomic E-state index is 5.75. The lowest BCUT2D eigenvalue weighted by Gasteiger charge is -2.20. The van der Waals surface area contributed by atoms with Crippen LogP contribution in [0.15, 0.2) is 16.7 Å². The van der Waals surface area contributed by atoms with Crippen LogP contribution in [0, 0.1) is 11.8 Å². The first kappa shape index (κ1) is 14.2. The molecule has 0 bridgehead atoms. The Labute approximate surface area is 122 Å². The molecule has 3 nitrogen and oxygen atoms in total. The first-order valence-corrected chi connectivity index (χ1v) is 8.21. The summed E-state index contributed by atoms with van der Waals surface area (Å²) in [6.45, 7) is 8.75. The fraction of sp³-hybridized carbons (Fsp3) is 0.765. The van der Waals surface area contributed by atoms with Crippen molar-refractivity contribution in [3.8, 4) is 0 Å². The van der Waals surface area contributed by atoms with E-state index in [9.17, 15) is 0 Å². The maximum Gasteiger partial charge on any atom is 0.118 e. The highest BCUT2D eigenvalue weighted by Crippen LogP contribution is 2.35. The molecule has 0 saturated heterocycles. The summed E-state index contributed by atoms with van der Waals surface area (Å²) >= 11 is 0. The highest BCUT2D eigenvalue weighted by atomic mass is 16.3. The van der Waals surface area contributed by atoms with Crippen molar-refractivity contribution in [1.29, 1.82) is 0 Å². The first-order valence-electron chi connectivity index (χ1n) is 8.21. The minimum Gasteiger partial charge on any atom is -0.468 e. The lowest BCUT2D eigenvalue weighted by atomic mass is 10.2. The van der Waals surface area contributed by atoms with Gasteiger partial charge in [0.25, 0.3) is 0 Å². The van der Waals surface area contributed by atoms with Gasteiger partial charge in [-0.3, -0.25) is 4.90 Å². The summed E-state index contributed by atoms with van der Waals surface area (Å²) in [6, 6.07) is 3.07. The zero-order valence-electron chi connectivity index (χ0n) is 12.9. The summed E-state index contributed by atoms with van der Waals surface area (Å²) in [5, 5.41) is 3.47. The van der Waals surface area contributed by atoms with Gasteiger partial charge in [-0.2, -0.15) is 0 Å². The molecule has 0 unspecified atom stereocenters. The Morgan fingerprint density at radius 2 is 2.10 bits per heavy atom. The van der Waals surface area contributed by atoms with Gasteiger partial charge in [-0.1, -0.05) is 13.8 Å². The van der Waals surface area contributed by atoms with Crippen molar-refractivity contribution in [3.63, 3.8) is 0 Å². The van der Waals surface area contributed by atoms with E-state index in [2.05, 4.69) is 30.1 Å². The van der Waals surface area contributed by atoms with E-state index in [0.717, 1.165) is 37.4 Å². The van der Waals surface area contributed by atoms with E-state index < -0.39 is 0 Å². The van der Waals surface area contributed by atoms with E-state index in [-0.39, 0.29) is 0 Å². The van der Waals surface area contributed by atoms with Crippen molar-refractivity contribution in [2.75, 3.05) is 13.1 Å². The van der Waals surface area contributed by atoms with E-state index in [1.807, 2.05) is 6.26 Å². The molecule has 2 fully saturated rings. The second-order valence-corrected chi connectivity index (χ2v) is 7.05. The Morgan fingerprint density at radius 3 is 2.75 bits per heavy atom. The second-order valence-electron chi connectivity index (χ2n) is 7.05.